The smallest absolute Gasteiger partial charge is 0.341 e. The van der Waals surface area contributed by atoms with E-state index in [9.17, 15) is 9.59 Å². The second-order valence-electron chi connectivity index (χ2n) is 6.17. The zero-order valence-corrected chi connectivity index (χ0v) is 12.8. The minimum Gasteiger partial charge on any atom is -0.482 e. The van der Waals surface area contributed by atoms with Crippen molar-refractivity contribution >= 4 is 17.6 Å². The highest BCUT2D eigenvalue weighted by atomic mass is 16.5. The summed E-state index contributed by atoms with van der Waals surface area (Å²) in [4.78, 5) is 22.3. The Balaban J connectivity index is 2.45. The maximum Gasteiger partial charge on any atom is 0.341 e. The summed E-state index contributed by atoms with van der Waals surface area (Å²) in [6.45, 7) is 6.04. The molecule has 0 fully saturated rings. The van der Waals surface area contributed by atoms with Crippen LogP contribution in [0.2, 0.25) is 0 Å². The lowest BCUT2D eigenvalue weighted by Gasteiger charge is -2.17. The number of carbonyl (C=O) groups excluding carboxylic acids is 1. The quantitative estimate of drug-likeness (QED) is 0.808. The second kappa shape index (κ2) is 7.67. The van der Waals surface area contributed by atoms with Gasteiger partial charge in [-0.3, -0.25) is 4.79 Å². The van der Waals surface area contributed by atoms with Gasteiger partial charge in [0.15, 0.2) is 6.61 Å². The third kappa shape index (κ3) is 7.97. The molecule has 0 saturated carbocycles. The molecule has 0 aliphatic heterocycles. The standard InChI is InChI=1S/C16H23NO4/c1-16(2,3)9-5-8-14(18)17-12-6-4-7-13(10-12)21-11-15(19)20/h4,6-7,10H,5,8-9,11H2,1-3H3,(H,17,18)(H,19,20). The Labute approximate surface area is 125 Å². The van der Waals surface area contributed by atoms with Crippen LogP contribution in [0.25, 0.3) is 0 Å². The molecule has 1 amide bonds. The number of hydrogen-bond donors (Lipinski definition) is 2. The molecule has 1 aromatic rings. The Hall–Kier alpha value is -2.04. The van der Waals surface area contributed by atoms with E-state index < -0.39 is 12.6 Å². The van der Waals surface area contributed by atoms with Crippen molar-refractivity contribution < 1.29 is 19.4 Å². The van der Waals surface area contributed by atoms with Gasteiger partial charge in [0.1, 0.15) is 5.75 Å². The number of aliphatic carboxylic acids is 1. The van der Waals surface area contributed by atoms with Gasteiger partial charge < -0.3 is 15.2 Å². The number of benzene rings is 1. The van der Waals surface area contributed by atoms with Gasteiger partial charge in [-0.2, -0.15) is 0 Å². The lowest BCUT2D eigenvalue weighted by atomic mass is 9.90. The van der Waals surface area contributed by atoms with Gasteiger partial charge in [-0.25, -0.2) is 4.79 Å². The van der Waals surface area contributed by atoms with Crippen LogP contribution in [0.5, 0.6) is 5.75 Å². The lowest BCUT2D eigenvalue weighted by molar-refractivity contribution is -0.139. The van der Waals surface area contributed by atoms with Crippen molar-refractivity contribution in [3.63, 3.8) is 0 Å². The molecule has 0 saturated heterocycles. The predicted octanol–water partition coefficient (Wildman–Crippen LogP) is 3.30. The highest BCUT2D eigenvalue weighted by molar-refractivity contribution is 5.90. The minimum atomic E-state index is -1.04. The minimum absolute atomic E-state index is 0.0466. The number of carboxylic acids is 1. The van der Waals surface area contributed by atoms with Crippen LogP contribution in [0.3, 0.4) is 0 Å². The zero-order chi connectivity index (χ0) is 15.9. The molecule has 0 bridgehead atoms. The first-order valence-electron chi connectivity index (χ1n) is 7.01. The van der Waals surface area contributed by atoms with Crippen molar-refractivity contribution in [2.75, 3.05) is 11.9 Å². The fourth-order valence-electron chi connectivity index (χ4n) is 1.81. The molecule has 0 radical (unpaired) electrons. The van der Waals surface area contributed by atoms with Gasteiger partial charge in [-0.15, -0.1) is 0 Å². The summed E-state index contributed by atoms with van der Waals surface area (Å²) in [7, 11) is 0. The van der Waals surface area contributed by atoms with Crippen molar-refractivity contribution in [1.29, 1.82) is 0 Å². The van der Waals surface area contributed by atoms with E-state index in [1.807, 2.05) is 0 Å². The molecular weight excluding hydrogens is 270 g/mol. The summed E-state index contributed by atoms with van der Waals surface area (Å²) in [5.74, 6) is -0.661. The molecule has 21 heavy (non-hydrogen) atoms. The van der Waals surface area contributed by atoms with Gasteiger partial charge in [-0.1, -0.05) is 26.8 Å². The average Bonchev–Trinajstić information content (AvgIpc) is 2.35. The molecule has 116 valence electrons. The van der Waals surface area contributed by atoms with Crippen LogP contribution in [0.15, 0.2) is 24.3 Å². The Bertz CT molecular complexity index is 491. The molecule has 1 rings (SSSR count). The molecule has 5 nitrogen and oxygen atoms in total. The third-order valence-corrected chi connectivity index (χ3v) is 2.81. The van der Waals surface area contributed by atoms with Gasteiger partial charge in [-0.05, 0) is 30.4 Å². The van der Waals surface area contributed by atoms with Crippen LogP contribution < -0.4 is 10.1 Å². The molecule has 1 aromatic carbocycles. The summed E-state index contributed by atoms with van der Waals surface area (Å²) >= 11 is 0. The number of ether oxygens (including phenoxy) is 1. The van der Waals surface area contributed by atoms with Crippen LogP contribution in [-0.2, 0) is 9.59 Å². The van der Waals surface area contributed by atoms with Crippen LogP contribution >= 0.6 is 0 Å². The number of rotatable bonds is 7. The average molecular weight is 293 g/mol. The largest absolute Gasteiger partial charge is 0.482 e. The normalized spacial score (nSPS) is 11.0. The maximum absolute atomic E-state index is 11.8. The van der Waals surface area contributed by atoms with E-state index in [0.717, 1.165) is 12.8 Å². The van der Waals surface area contributed by atoms with Crippen LogP contribution in [-0.4, -0.2) is 23.6 Å². The first-order valence-corrected chi connectivity index (χ1v) is 7.01. The van der Waals surface area contributed by atoms with Crippen LogP contribution in [0, 0.1) is 5.41 Å². The number of hydrogen-bond acceptors (Lipinski definition) is 3. The van der Waals surface area contributed by atoms with E-state index in [0.29, 0.717) is 17.9 Å². The monoisotopic (exact) mass is 293 g/mol. The summed E-state index contributed by atoms with van der Waals surface area (Å²) in [5, 5.41) is 11.3. The van der Waals surface area contributed by atoms with E-state index in [1.54, 1.807) is 24.3 Å². The van der Waals surface area contributed by atoms with Crippen molar-refractivity contribution in [2.45, 2.75) is 40.0 Å². The SMILES string of the molecule is CC(C)(C)CCCC(=O)Nc1cccc(OCC(=O)O)c1. The van der Waals surface area contributed by atoms with Crippen molar-refractivity contribution in [3.05, 3.63) is 24.3 Å². The molecule has 5 heteroatoms. The summed E-state index contributed by atoms with van der Waals surface area (Å²) in [6, 6.07) is 6.72. The van der Waals surface area contributed by atoms with Gasteiger partial charge >= 0.3 is 5.97 Å². The van der Waals surface area contributed by atoms with Gasteiger partial charge in [0.2, 0.25) is 5.91 Å². The molecule has 0 aliphatic rings. The summed E-state index contributed by atoms with van der Waals surface area (Å²) in [6.07, 6.45) is 2.30. The number of carbonyl (C=O) groups is 2. The Morgan fingerprint density at radius 1 is 1.29 bits per heavy atom. The van der Waals surface area contributed by atoms with E-state index in [1.165, 1.54) is 0 Å². The Morgan fingerprint density at radius 3 is 2.62 bits per heavy atom. The molecule has 0 aliphatic carbocycles. The zero-order valence-electron chi connectivity index (χ0n) is 12.8. The lowest BCUT2D eigenvalue weighted by Crippen LogP contribution is -2.13. The molecule has 0 aromatic heterocycles. The molecule has 0 heterocycles. The van der Waals surface area contributed by atoms with Crippen LogP contribution in [0.4, 0.5) is 5.69 Å². The first kappa shape index (κ1) is 17.0. The second-order valence-corrected chi connectivity index (χ2v) is 6.17. The number of carboxylic acid groups (broad SMARTS) is 1. The summed E-state index contributed by atoms with van der Waals surface area (Å²) in [5.41, 5.74) is 0.837. The molecule has 0 spiro atoms. The molecule has 0 atom stereocenters. The number of nitrogens with one attached hydrogen (secondary N) is 1. The Morgan fingerprint density at radius 2 is 2.00 bits per heavy atom. The first-order chi connectivity index (χ1) is 9.76. The highest BCUT2D eigenvalue weighted by Crippen LogP contribution is 2.22. The van der Waals surface area contributed by atoms with Crippen molar-refractivity contribution in [1.82, 2.24) is 0 Å². The fraction of sp³-hybridized carbons (Fsp3) is 0.500. The van der Waals surface area contributed by atoms with Crippen LogP contribution in [0.1, 0.15) is 40.0 Å². The fourth-order valence-corrected chi connectivity index (χ4v) is 1.81. The van der Waals surface area contributed by atoms with Gasteiger partial charge in [0.05, 0.1) is 0 Å². The van der Waals surface area contributed by atoms with E-state index in [-0.39, 0.29) is 11.3 Å². The van der Waals surface area contributed by atoms with Crippen molar-refractivity contribution in [3.8, 4) is 5.75 Å². The third-order valence-electron chi connectivity index (χ3n) is 2.81. The predicted molar refractivity (Wildman–Crippen MR) is 81.5 cm³/mol. The molecule has 2 N–H and O–H groups in total. The van der Waals surface area contributed by atoms with Gasteiger partial charge in [0, 0.05) is 18.2 Å². The number of amides is 1. The van der Waals surface area contributed by atoms with Gasteiger partial charge in [0.25, 0.3) is 0 Å². The Kier molecular flexibility index (Phi) is 6.21. The van der Waals surface area contributed by atoms with E-state index in [4.69, 9.17) is 9.84 Å². The van der Waals surface area contributed by atoms with E-state index >= 15 is 0 Å². The maximum atomic E-state index is 11.8. The summed E-state index contributed by atoms with van der Waals surface area (Å²) < 4.78 is 5.06. The molecule has 0 unspecified atom stereocenters. The topological polar surface area (TPSA) is 75.6 Å². The van der Waals surface area contributed by atoms with E-state index in [2.05, 4.69) is 26.1 Å². The van der Waals surface area contributed by atoms with Crippen molar-refractivity contribution in [2.24, 2.45) is 5.41 Å². The highest BCUT2D eigenvalue weighted by Gasteiger charge is 2.11. The number of anilines is 1. The molecular formula is C16H23NO4.